The van der Waals surface area contributed by atoms with E-state index in [1.165, 1.54) is 0 Å². The van der Waals surface area contributed by atoms with E-state index >= 15 is 0 Å². The van der Waals surface area contributed by atoms with Crippen LogP contribution < -0.4 is 0 Å². The van der Waals surface area contributed by atoms with Crippen LogP contribution in [-0.4, -0.2) is 21.0 Å². The van der Waals surface area contributed by atoms with Gasteiger partial charge in [0.15, 0.2) is 0 Å². The molecule has 0 amide bonds. The van der Waals surface area contributed by atoms with Gasteiger partial charge in [-0.05, 0) is 37.3 Å². The lowest BCUT2D eigenvalue weighted by atomic mass is 9.96. The molecule has 4 nitrogen and oxygen atoms in total. The van der Waals surface area contributed by atoms with E-state index in [0.717, 1.165) is 35.3 Å². The van der Waals surface area contributed by atoms with E-state index in [4.69, 9.17) is 0 Å². The highest BCUT2D eigenvalue weighted by atomic mass is 16.4. The second-order valence-corrected chi connectivity index (χ2v) is 5.72. The molecule has 1 heterocycles. The smallest absolute Gasteiger partial charge is 0.307 e. The molecule has 1 aromatic heterocycles. The minimum atomic E-state index is -0.702. The highest BCUT2D eigenvalue weighted by molar-refractivity contribution is 5.79. The number of benzene rings is 1. The number of rotatable bonds is 2. The maximum absolute atomic E-state index is 11.4. The monoisotopic (exact) mass is 258 g/mol. The first-order chi connectivity index (χ1) is 9.06. The number of carboxylic acids is 1. The Kier molecular flexibility index (Phi) is 2.81. The van der Waals surface area contributed by atoms with Crippen LogP contribution in [0.2, 0.25) is 0 Å². The van der Waals surface area contributed by atoms with Crippen molar-refractivity contribution in [3.63, 3.8) is 0 Å². The van der Waals surface area contributed by atoms with Gasteiger partial charge in [0.1, 0.15) is 5.82 Å². The van der Waals surface area contributed by atoms with Crippen molar-refractivity contribution in [2.24, 2.45) is 11.8 Å². The van der Waals surface area contributed by atoms with Crippen molar-refractivity contribution in [3.8, 4) is 0 Å². The Morgan fingerprint density at radius 1 is 1.42 bits per heavy atom. The predicted octanol–water partition coefficient (Wildman–Crippen LogP) is 3.09. The molecule has 3 rings (SSSR count). The minimum Gasteiger partial charge on any atom is -0.481 e. The molecule has 0 saturated heterocycles. The number of fused-ring (bicyclic) bond motifs is 1. The van der Waals surface area contributed by atoms with E-state index in [0.29, 0.717) is 5.92 Å². The molecule has 1 saturated carbocycles. The van der Waals surface area contributed by atoms with Crippen molar-refractivity contribution in [1.82, 2.24) is 9.97 Å². The third-order valence-corrected chi connectivity index (χ3v) is 4.20. The van der Waals surface area contributed by atoms with E-state index in [9.17, 15) is 9.90 Å². The van der Waals surface area contributed by atoms with Crippen LogP contribution in [0.3, 0.4) is 0 Å². The van der Waals surface area contributed by atoms with Crippen LogP contribution in [0.1, 0.15) is 37.1 Å². The summed E-state index contributed by atoms with van der Waals surface area (Å²) in [6.07, 6.45) is 1.64. The summed E-state index contributed by atoms with van der Waals surface area (Å²) in [6, 6.07) is 6.01. The van der Waals surface area contributed by atoms with Crippen LogP contribution in [0.15, 0.2) is 18.2 Å². The van der Waals surface area contributed by atoms with Crippen molar-refractivity contribution in [2.45, 2.75) is 32.6 Å². The SMILES string of the molecule is Cc1cccc2[nH]c(C3CC(C)CC3C(=O)O)nc12. The van der Waals surface area contributed by atoms with Gasteiger partial charge in [-0.25, -0.2) is 4.98 Å². The Morgan fingerprint density at radius 3 is 2.89 bits per heavy atom. The molecule has 100 valence electrons. The van der Waals surface area contributed by atoms with Gasteiger partial charge < -0.3 is 10.1 Å². The highest BCUT2D eigenvalue weighted by Crippen LogP contribution is 2.42. The molecule has 2 N–H and O–H groups in total. The first-order valence-electron chi connectivity index (χ1n) is 6.74. The summed E-state index contributed by atoms with van der Waals surface area (Å²) in [5.74, 6) is 0.281. The van der Waals surface area contributed by atoms with Crippen LogP contribution in [0, 0.1) is 18.8 Å². The summed E-state index contributed by atoms with van der Waals surface area (Å²) in [4.78, 5) is 19.3. The average Bonchev–Trinajstić information content (AvgIpc) is 2.93. The zero-order valence-corrected chi connectivity index (χ0v) is 11.2. The molecule has 0 bridgehead atoms. The number of aromatic nitrogens is 2. The summed E-state index contributed by atoms with van der Waals surface area (Å²) < 4.78 is 0. The Labute approximate surface area is 111 Å². The van der Waals surface area contributed by atoms with Gasteiger partial charge in [-0.2, -0.15) is 0 Å². The zero-order chi connectivity index (χ0) is 13.6. The molecule has 1 aliphatic carbocycles. The fraction of sp³-hybridized carbons (Fsp3) is 0.467. The molecule has 1 fully saturated rings. The molecular weight excluding hydrogens is 240 g/mol. The Morgan fingerprint density at radius 2 is 2.21 bits per heavy atom. The van der Waals surface area contributed by atoms with Crippen LogP contribution in [0.25, 0.3) is 11.0 Å². The zero-order valence-electron chi connectivity index (χ0n) is 11.2. The molecule has 0 radical (unpaired) electrons. The standard InChI is InChI=1S/C15H18N2O2/c1-8-6-10(11(7-8)15(18)19)14-16-12-5-3-4-9(2)13(12)17-14/h3-5,8,10-11H,6-7H2,1-2H3,(H,16,17)(H,18,19). The van der Waals surface area contributed by atoms with E-state index in [1.807, 2.05) is 25.1 Å². The van der Waals surface area contributed by atoms with Crippen molar-refractivity contribution < 1.29 is 9.90 Å². The topological polar surface area (TPSA) is 66.0 Å². The van der Waals surface area contributed by atoms with Gasteiger partial charge in [-0.3, -0.25) is 4.79 Å². The van der Waals surface area contributed by atoms with Crippen LogP contribution in [-0.2, 0) is 4.79 Å². The lowest BCUT2D eigenvalue weighted by Crippen LogP contribution is -2.17. The molecule has 19 heavy (non-hydrogen) atoms. The number of para-hydroxylation sites is 1. The lowest BCUT2D eigenvalue weighted by Gasteiger charge is -2.12. The number of aromatic amines is 1. The number of nitrogens with zero attached hydrogens (tertiary/aromatic N) is 1. The lowest BCUT2D eigenvalue weighted by molar-refractivity contribution is -0.142. The quantitative estimate of drug-likeness (QED) is 0.870. The summed E-state index contributed by atoms with van der Waals surface area (Å²) in [5, 5.41) is 9.35. The summed E-state index contributed by atoms with van der Waals surface area (Å²) >= 11 is 0. The second kappa shape index (κ2) is 4.37. The summed E-state index contributed by atoms with van der Waals surface area (Å²) in [6.45, 7) is 4.14. The van der Waals surface area contributed by atoms with Crippen LogP contribution in [0.5, 0.6) is 0 Å². The largest absolute Gasteiger partial charge is 0.481 e. The Hall–Kier alpha value is -1.84. The normalized spacial score (nSPS) is 26.9. The molecule has 1 aliphatic rings. The number of nitrogens with one attached hydrogen (secondary N) is 1. The van der Waals surface area contributed by atoms with Gasteiger partial charge in [0.25, 0.3) is 0 Å². The molecule has 3 atom stereocenters. The number of hydrogen-bond acceptors (Lipinski definition) is 2. The third kappa shape index (κ3) is 2.01. The van der Waals surface area contributed by atoms with Crippen LogP contribution in [0.4, 0.5) is 0 Å². The van der Waals surface area contributed by atoms with Gasteiger partial charge in [-0.1, -0.05) is 19.1 Å². The average molecular weight is 258 g/mol. The van der Waals surface area contributed by atoms with E-state index in [2.05, 4.69) is 16.9 Å². The fourth-order valence-electron chi connectivity index (χ4n) is 3.24. The number of carboxylic acid groups (broad SMARTS) is 1. The minimum absolute atomic E-state index is 0.0132. The van der Waals surface area contributed by atoms with Gasteiger partial charge in [0.2, 0.25) is 0 Å². The van der Waals surface area contributed by atoms with E-state index in [-0.39, 0.29) is 11.8 Å². The molecule has 2 aromatic rings. The van der Waals surface area contributed by atoms with Crippen molar-refractivity contribution in [3.05, 3.63) is 29.6 Å². The van der Waals surface area contributed by atoms with Gasteiger partial charge in [0.05, 0.1) is 17.0 Å². The first kappa shape index (κ1) is 12.2. The summed E-state index contributed by atoms with van der Waals surface area (Å²) in [7, 11) is 0. The molecule has 4 heteroatoms. The van der Waals surface area contributed by atoms with E-state index < -0.39 is 5.97 Å². The van der Waals surface area contributed by atoms with Crippen LogP contribution >= 0.6 is 0 Å². The van der Waals surface area contributed by atoms with Crippen molar-refractivity contribution in [2.75, 3.05) is 0 Å². The molecule has 0 aliphatic heterocycles. The maximum Gasteiger partial charge on any atom is 0.307 e. The molecule has 0 spiro atoms. The number of hydrogen-bond donors (Lipinski definition) is 2. The summed E-state index contributed by atoms with van der Waals surface area (Å²) in [5.41, 5.74) is 3.08. The maximum atomic E-state index is 11.4. The number of aliphatic carboxylic acids is 1. The third-order valence-electron chi connectivity index (χ3n) is 4.20. The second-order valence-electron chi connectivity index (χ2n) is 5.72. The number of aryl methyl sites for hydroxylation is 1. The molecular formula is C15H18N2O2. The number of carbonyl (C=O) groups is 1. The van der Waals surface area contributed by atoms with Gasteiger partial charge in [0, 0.05) is 5.92 Å². The van der Waals surface area contributed by atoms with Gasteiger partial charge in [-0.15, -0.1) is 0 Å². The predicted molar refractivity (Wildman–Crippen MR) is 73.1 cm³/mol. The number of H-pyrrole nitrogens is 1. The van der Waals surface area contributed by atoms with Crippen molar-refractivity contribution >= 4 is 17.0 Å². The van der Waals surface area contributed by atoms with Gasteiger partial charge >= 0.3 is 5.97 Å². The Bertz CT molecular complexity index is 632. The highest BCUT2D eigenvalue weighted by Gasteiger charge is 2.39. The molecule has 3 unspecified atom stereocenters. The number of imidazole rings is 1. The Balaban J connectivity index is 2.04. The van der Waals surface area contributed by atoms with Crippen molar-refractivity contribution in [1.29, 1.82) is 0 Å². The first-order valence-corrected chi connectivity index (χ1v) is 6.74. The van der Waals surface area contributed by atoms with E-state index in [1.54, 1.807) is 0 Å². The fourth-order valence-corrected chi connectivity index (χ4v) is 3.24. The molecule has 1 aromatic carbocycles.